The summed E-state index contributed by atoms with van der Waals surface area (Å²) >= 11 is 0. The van der Waals surface area contributed by atoms with Gasteiger partial charge in [0.2, 0.25) is 5.91 Å². The van der Waals surface area contributed by atoms with Crippen LogP contribution in [0.1, 0.15) is 19.3 Å². The minimum atomic E-state index is 0.0818. The Morgan fingerprint density at radius 2 is 2.36 bits per heavy atom. The summed E-state index contributed by atoms with van der Waals surface area (Å²) in [6, 6.07) is 0. The third-order valence-electron chi connectivity index (χ3n) is 2.43. The molecule has 1 aliphatic rings. The van der Waals surface area contributed by atoms with Crippen molar-refractivity contribution in [2.24, 2.45) is 5.92 Å². The number of amides is 1. The lowest BCUT2D eigenvalue weighted by Crippen LogP contribution is -2.36. The predicted molar refractivity (Wildman–Crippen MR) is 55.1 cm³/mol. The first-order valence-corrected chi connectivity index (χ1v) is 5.34. The molecule has 1 saturated heterocycles. The average Bonchev–Trinajstić information content (AvgIpc) is 2.25. The standard InChI is InChI=1S/C10H20N2O2/c1-11-5-3-6-12-10(13)9-4-2-7-14-8-9/h9,11H,2-8H2,1H3,(H,12,13). The van der Waals surface area contributed by atoms with Crippen molar-refractivity contribution < 1.29 is 9.53 Å². The van der Waals surface area contributed by atoms with Crippen LogP contribution in [0.5, 0.6) is 0 Å². The molecular formula is C10H20N2O2. The topological polar surface area (TPSA) is 50.4 Å². The van der Waals surface area contributed by atoms with Crippen molar-refractivity contribution in [3.63, 3.8) is 0 Å². The van der Waals surface area contributed by atoms with Crippen LogP contribution in [0.3, 0.4) is 0 Å². The molecule has 0 radical (unpaired) electrons. The van der Waals surface area contributed by atoms with Crippen LogP contribution in [0.2, 0.25) is 0 Å². The highest BCUT2D eigenvalue weighted by atomic mass is 16.5. The number of nitrogens with one attached hydrogen (secondary N) is 2. The molecule has 0 aromatic heterocycles. The van der Waals surface area contributed by atoms with E-state index in [1.54, 1.807) is 0 Å². The largest absolute Gasteiger partial charge is 0.381 e. The van der Waals surface area contributed by atoms with Crippen molar-refractivity contribution >= 4 is 5.91 Å². The summed E-state index contributed by atoms with van der Waals surface area (Å²) in [6.45, 7) is 3.11. The minimum Gasteiger partial charge on any atom is -0.381 e. The maximum atomic E-state index is 11.5. The van der Waals surface area contributed by atoms with E-state index in [-0.39, 0.29) is 11.8 Å². The number of carbonyl (C=O) groups excluding carboxylic acids is 1. The molecule has 1 heterocycles. The lowest BCUT2D eigenvalue weighted by atomic mass is 10.0. The molecular weight excluding hydrogens is 180 g/mol. The highest BCUT2D eigenvalue weighted by Gasteiger charge is 2.20. The molecule has 1 fully saturated rings. The molecule has 0 saturated carbocycles. The fraction of sp³-hybridized carbons (Fsp3) is 0.900. The minimum absolute atomic E-state index is 0.0818. The van der Waals surface area contributed by atoms with Gasteiger partial charge in [-0.25, -0.2) is 0 Å². The first-order valence-electron chi connectivity index (χ1n) is 5.34. The van der Waals surface area contributed by atoms with E-state index in [1.807, 2.05) is 7.05 Å². The molecule has 1 unspecified atom stereocenters. The molecule has 4 heteroatoms. The Kier molecular flexibility index (Phi) is 5.56. The SMILES string of the molecule is CNCCCNC(=O)C1CCCOC1. The summed E-state index contributed by atoms with van der Waals surface area (Å²) < 4.78 is 5.26. The summed E-state index contributed by atoms with van der Waals surface area (Å²) in [5.74, 6) is 0.235. The van der Waals surface area contributed by atoms with Crippen LogP contribution in [0.15, 0.2) is 0 Å². The number of ether oxygens (including phenoxy) is 1. The van der Waals surface area contributed by atoms with Gasteiger partial charge >= 0.3 is 0 Å². The van der Waals surface area contributed by atoms with E-state index in [9.17, 15) is 4.79 Å². The zero-order chi connectivity index (χ0) is 10.2. The van der Waals surface area contributed by atoms with Gasteiger partial charge < -0.3 is 15.4 Å². The summed E-state index contributed by atoms with van der Waals surface area (Å²) in [5, 5.41) is 5.97. The molecule has 0 aromatic carbocycles. The Balaban J connectivity index is 2.07. The van der Waals surface area contributed by atoms with E-state index >= 15 is 0 Å². The second-order valence-electron chi connectivity index (χ2n) is 3.66. The third kappa shape index (κ3) is 4.07. The van der Waals surface area contributed by atoms with Crippen LogP contribution >= 0.6 is 0 Å². The fourth-order valence-corrected chi connectivity index (χ4v) is 1.57. The monoisotopic (exact) mass is 200 g/mol. The van der Waals surface area contributed by atoms with E-state index < -0.39 is 0 Å². The van der Waals surface area contributed by atoms with Gasteiger partial charge in [-0.3, -0.25) is 4.79 Å². The van der Waals surface area contributed by atoms with Gasteiger partial charge in [0.05, 0.1) is 12.5 Å². The number of hydrogen-bond acceptors (Lipinski definition) is 3. The van der Waals surface area contributed by atoms with Crippen LogP contribution < -0.4 is 10.6 Å². The molecule has 0 bridgehead atoms. The maximum Gasteiger partial charge on any atom is 0.225 e. The molecule has 1 amide bonds. The third-order valence-corrected chi connectivity index (χ3v) is 2.43. The van der Waals surface area contributed by atoms with Crippen molar-refractivity contribution in [3.8, 4) is 0 Å². The Morgan fingerprint density at radius 3 is 3.00 bits per heavy atom. The van der Waals surface area contributed by atoms with Gasteiger partial charge in [-0.2, -0.15) is 0 Å². The highest BCUT2D eigenvalue weighted by molar-refractivity contribution is 5.78. The van der Waals surface area contributed by atoms with Gasteiger partial charge in [0.1, 0.15) is 0 Å². The van der Waals surface area contributed by atoms with Crippen LogP contribution in [0.4, 0.5) is 0 Å². The Labute approximate surface area is 85.4 Å². The van der Waals surface area contributed by atoms with E-state index in [2.05, 4.69) is 10.6 Å². The maximum absolute atomic E-state index is 11.5. The van der Waals surface area contributed by atoms with Crippen molar-refractivity contribution in [1.82, 2.24) is 10.6 Å². The lowest BCUT2D eigenvalue weighted by molar-refractivity contribution is -0.128. The summed E-state index contributed by atoms with van der Waals surface area (Å²) in [7, 11) is 1.91. The van der Waals surface area contributed by atoms with Gasteiger partial charge in [-0.1, -0.05) is 0 Å². The molecule has 0 aromatic rings. The first-order chi connectivity index (χ1) is 6.84. The lowest BCUT2D eigenvalue weighted by Gasteiger charge is -2.21. The smallest absolute Gasteiger partial charge is 0.225 e. The van der Waals surface area contributed by atoms with E-state index in [0.717, 1.165) is 39.0 Å². The Hall–Kier alpha value is -0.610. The zero-order valence-corrected chi connectivity index (χ0v) is 8.84. The second-order valence-corrected chi connectivity index (χ2v) is 3.66. The summed E-state index contributed by atoms with van der Waals surface area (Å²) in [5.41, 5.74) is 0. The van der Waals surface area contributed by atoms with Crippen LogP contribution in [-0.2, 0) is 9.53 Å². The number of hydrogen-bond donors (Lipinski definition) is 2. The molecule has 82 valence electrons. The molecule has 0 spiro atoms. The van der Waals surface area contributed by atoms with Gasteiger partial charge in [-0.15, -0.1) is 0 Å². The van der Waals surface area contributed by atoms with E-state index in [4.69, 9.17) is 4.74 Å². The number of rotatable bonds is 5. The quantitative estimate of drug-likeness (QED) is 0.621. The van der Waals surface area contributed by atoms with Gasteiger partial charge in [0.15, 0.2) is 0 Å². The molecule has 14 heavy (non-hydrogen) atoms. The van der Waals surface area contributed by atoms with Gasteiger partial charge in [0.25, 0.3) is 0 Å². The molecule has 1 atom stereocenters. The Morgan fingerprint density at radius 1 is 1.50 bits per heavy atom. The first kappa shape index (κ1) is 11.5. The normalized spacial score (nSPS) is 21.9. The number of carbonyl (C=O) groups is 1. The van der Waals surface area contributed by atoms with Crippen LogP contribution in [0.25, 0.3) is 0 Å². The molecule has 2 N–H and O–H groups in total. The molecule has 0 aliphatic carbocycles. The van der Waals surface area contributed by atoms with E-state index in [0.29, 0.717) is 6.61 Å². The van der Waals surface area contributed by atoms with Crippen molar-refractivity contribution in [2.45, 2.75) is 19.3 Å². The molecule has 1 aliphatic heterocycles. The highest BCUT2D eigenvalue weighted by Crippen LogP contribution is 2.13. The van der Waals surface area contributed by atoms with E-state index in [1.165, 1.54) is 0 Å². The summed E-state index contributed by atoms with van der Waals surface area (Å²) in [6.07, 6.45) is 2.96. The van der Waals surface area contributed by atoms with Gasteiger partial charge in [-0.05, 0) is 32.9 Å². The second kappa shape index (κ2) is 6.79. The predicted octanol–water partition coefficient (Wildman–Crippen LogP) is 0.139. The fourth-order valence-electron chi connectivity index (χ4n) is 1.57. The Bertz CT molecular complexity index is 168. The average molecular weight is 200 g/mol. The van der Waals surface area contributed by atoms with Crippen molar-refractivity contribution in [3.05, 3.63) is 0 Å². The van der Waals surface area contributed by atoms with Crippen molar-refractivity contribution in [2.75, 3.05) is 33.4 Å². The van der Waals surface area contributed by atoms with Gasteiger partial charge in [0, 0.05) is 13.2 Å². The summed E-state index contributed by atoms with van der Waals surface area (Å²) in [4.78, 5) is 11.5. The molecule has 4 nitrogen and oxygen atoms in total. The molecule has 1 rings (SSSR count). The van der Waals surface area contributed by atoms with Crippen molar-refractivity contribution in [1.29, 1.82) is 0 Å². The zero-order valence-electron chi connectivity index (χ0n) is 8.84. The van der Waals surface area contributed by atoms with Crippen LogP contribution in [-0.4, -0.2) is 39.3 Å². The van der Waals surface area contributed by atoms with Crippen LogP contribution in [0, 0.1) is 5.92 Å².